The van der Waals surface area contributed by atoms with Crippen molar-refractivity contribution in [1.82, 2.24) is 0 Å². The van der Waals surface area contributed by atoms with E-state index in [1.165, 1.54) is 0 Å². The zero-order valence-electron chi connectivity index (χ0n) is 13.9. The molecule has 3 nitrogen and oxygen atoms in total. The Morgan fingerprint density at radius 3 is 2.33 bits per heavy atom. The van der Waals surface area contributed by atoms with Crippen LogP contribution in [-0.4, -0.2) is 7.11 Å². The molecule has 0 bridgehead atoms. The maximum absolute atomic E-state index is 5.99. The summed E-state index contributed by atoms with van der Waals surface area (Å²) in [4.78, 5) is 0. The molecule has 0 aliphatic carbocycles. The molecule has 0 spiro atoms. The highest BCUT2D eigenvalue weighted by atomic mass is 16.5. The van der Waals surface area contributed by atoms with E-state index in [-0.39, 0.29) is 0 Å². The Morgan fingerprint density at radius 1 is 0.792 bits per heavy atom. The second kappa shape index (κ2) is 7.55. The largest absolute Gasteiger partial charge is 0.493 e. The van der Waals surface area contributed by atoms with Gasteiger partial charge in [0.15, 0.2) is 11.5 Å². The van der Waals surface area contributed by atoms with Crippen molar-refractivity contribution in [2.45, 2.75) is 13.5 Å². The van der Waals surface area contributed by atoms with Crippen molar-refractivity contribution in [3.05, 3.63) is 83.9 Å². The quantitative estimate of drug-likeness (QED) is 0.610. The third kappa shape index (κ3) is 3.87. The number of hydrogen-bond donors (Lipinski definition) is 0. The first-order chi connectivity index (χ1) is 11.8. The molecule has 0 unspecified atom stereocenters. The van der Waals surface area contributed by atoms with Crippen LogP contribution in [0.25, 0.3) is 0 Å². The first-order valence-corrected chi connectivity index (χ1v) is 7.84. The summed E-state index contributed by atoms with van der Waals surface area (Å²) in [5.74, 6) is 3.07. The van der Waals surface area contributed by atoms with Crippen LogP contribution in [0.4, 0.5) is 0 Å². The number of para-hydroxylation sites is 2. The van der Waals surface area contributed by atoms with E-state index in [1.54, 1.807) is 7.11 Å². The van der Waals surface area contributed by atoms with Crippen LogP contribution < -0.4 is 14.2 Å². The SMILES string of the molecule is COc1c(C)cccc1Oc1cccc(COc2ccccc2)c1. The van der Waals surface area contributed by atoms with Gasteiger partial charge in [-0.15, -0.1) is 0 Å². The van der Waals surface area contributed by atoms with Crippen LogP contribution in [0.1, 0.15) is 11.1 Å². The monoisotopic (exact) mass is 320 g/mol. The summed E-state index contributed by atoms with van der Waals surface area (Å²) in [6, 6.07) is 23.5. The van der Waals surface area contributed by atoms with Gasteiger partial charge in [0.1, 0.15) is 18.1 Å². The fourth-order valence-electron chi connectivity index (χ4n) is 2.48. The Kier molecular flexibility index (Phi) is 5.02. The second-order valence-electron chi connectivity index (χ2n) is 5.46. The first kappa shape index (κ1) is 15.9. The third-order valence-electron chi connectivity index (χ3n) is 3.65. The molecule has 0 atom stereocenters. The van der Waals surface area contributed by atoms with Crippen LogP contribution in [0.3, 0.4) is 0 Å². The highest BCUT2D eigenvalue weighted by molar-refractivity contribution is 5.48. The molecule has 0 aliphatic heterocycles. The number of ether oxygens (including phenoxy) is 3. The van der Waals surface area contributed by atoms with Crippen molar-refractivity contribution in [1.29, 1.82) is 0 Å². The Bertz CT molecular complexity index is 797. The Morgan fingerprint density at radius 2 is 1.54 bits per heavy atom. The van der Waals surface area contributed by atoms with E-state index in [0.717, 1.165) is 28.4 Å². The second-order valence-corrected chi connectivity index (χ2v) is 5.46. The van der Waals surface area contributed by atoms with Gasteiger partial charge in [0.25, 0.3) is 0 Å². The highest BCUT2D eigenvalue weighted by Gasteiger charge is 2.08. The number of hydrogen-bond acceptors (Lipinski definition) is 3. The lowest BCUT2D eigenvalue weighted by Crippen LogP contribution is -1.96. The van der Waals surface area contributed by atoms with Gasteiger partial charge in [0.05, 0.1) is 7.11 Å². The van der Waals surface area contributed by atoms with Gasteiger partial charge < -0.3 is 14.2 Å². The summed E-state index contributed by atoms with van der Waals surface area (Å²) in [6.07, 6.45) is 0. The van der Waals surface area contributed by atoms with Crippen LogP contribution in [0.15, 0.2) is 72.8 Å². The van der Waals surface area contributed by atoms with Crippen molar-refractivity contribution in [3.8, 4) is 23.0 Å². The maximum atomic E-state index is 5.99. The van der Waals surface area contributed by atoms with Crippen LogP contribution in [0.2, 0.25) is 0 Å². The minimum atomic E-state index is 0.492. The molecule has 3 aromatic rings. The zero-order valence-corrected chi connectivity index (χ0v) is 13.9. The Hall–Kier alpha value is -2.94. The smallest absolute Gasteiger partial charge is 0.169 e. The number of rotatable bonds is 6. The summed E-state index contributed by atoms with van der Waals surface area (Å²) in [6.45, 7) is 2.49. The van der Waals surface area contributed by atoms with Crippen molar-refractivity contribution in [3.63, 3.8) is 0 Å². The molecule has 0 amide bonds. The lowest BCUT2D eigenvalue weighted by molar-refractivity contribution is 0.305. The van der Waals surface area contributed by atoms with Gasteiger partial charge in [0.2, 0.25) is 0 Å². The lowest BCUT2D eigenvalue weighted by atomic mass is 10.2. The average Bonchev–Trinajstić information content (AvgIpc) is 2.61. The summed E-state index contributed by atoms with van der Waals surface area (Å²) in [7, 11) is 1.65. The molecule has 0 N–H and O–H groups in total. The van der Waals surface area contributed by atoms with Crippen molar-refractivity contribution < 1.29 is 14.2 Å². The molecule has 0 aliphatic rings. The van der Waals surface area contributed by atoms with E-state index in [0.29, 0.717) is 12.4 Å². The molecule has 0 radical (unpaired) electrons. The van der Waals surface area contributed by atoms with Gasteiger partial charge >= 0.3 is 0 Å². The van der Waals surface area contributed by atoms with Crippen molar-refractivity contribution in [2.24, 2.45) is 0 Å². The van der Waals surface area contributed by atoms with Crippen molar-refractivity contribution in [2.75, 3.05) is 7.11 Å². The standard InChI is InChI=1S/C21H20O3/c1-16-8-6-13-20(21(16)22-2)24-19-12-7-9-17(14-19)15-23-18-10-4-3-5-11-18/h3-14H,15H2,1-2H3. The molecule has 122 valence electrons. The van der Waals surface area contributed by atoms with Crippen LogP contribution in [0, 0.1) is 6.92 Å². The first-order valence-electron chi connectivity index (χ1n) is 7.84. The van der Waals surface area contributed by atoms with E-state index in [1.807, 2.05) is 79.7 Å². The maximum Gasteiger partial charge on any atom is 0.169 e. The molecule has 0 saturated heterocycles. The topological polar surface area (TPSA) is 27.7 Å². The lowest BCUT2D eigenvalue weighted by Gasteiger charge is -2.13. The predicted octanol–water partition coefficient (Wildman–Crippen LogP) is 5.37. The molecule has 3 heteroatoms. The molecule has 24 heavy (non-hydrogen) atoms. The molecule has 3 rings (SSSR count). The molecular formula is C21H20O3. The van der Waals surface area contributed by atoms with E-state index in [2.05, 4.69) is 0 Å². The summed E-state index contributed by atoms with van der Waals surface area (Å²) in [5.41, 5.74) is 2.08. The molecule has 3 aromatic carbocycles. The molecule has 0 heterocycles. The number of benzene rings is 3. The minimum absolute atomic E-state index is 0.492. The van der Waals surface area contributed by atoms with Gasteiger partial charge in [-0.25, -0.2) is 0 Å². The fourth-order valence-corrected chi connectivity index (χ4v) is 2.48. The van der Waals surface area contributed by atoms with Gasteiger partial charge in [0, 0.05) is 0 Å². The van der Waals surface area contributed by atoms with Gasteiger partial charge in [-0.05, 0) is 48.4 Å². The molecule has 0 fully saturated rings. The summed E-state index contributed by atoms with van der Waals surface area (Å²) in [5, 5.41) is 0. The van der Waals surface area contributed by atoms with Gasteiger partial charge in [-0.3, -0.25) is 0 Å². The molecular weight excluding hydrogens is 300 g/mol. The number of aryl methyl sites for hydroxylation is 1. The average molecular weight is 320 g/mol. The van der Waals surface area contributed by atoms with Crippen molar-refractivity contribution >= 4 is 0 Å². The van der Waals surface area contributed by atoms with E-state index in [9.17, 15) is 0 Å². The van der Waals surface area contributed by atoms with Crippen LogP contribution in [-0.2, 0) is 6.61 Å². The normalized spacial score (nSPS) is 10.2. The highest BCUT2D eigenvalue weighted by Crippen LogP contribution is 2.34. The van der Waals surface area contributed by atoms with Crippen LogP contribution in [0.5, 0.6) is 23.0 Å². The van der Waals surface area contributed by atoms with Gasteiger partial charge in [-0.1, -0.05) is 42.5 Å². The fraction of sp³-hybridized carbons (Fsp3) is 0.143. The van der Waals surface area contributed by atoms with Crippen LogP contribution >= 0.6 is 0 Å². The number of methoxy groups -OCH3 is 1. The third-order valence-corrected chi connectivity index (χ3v) is 3.65. The van der Waals surface area contributed by atoms with E-state index in [4.69, 9.17) is 14.2 Å². The molecule has 0 saturated carbocycles. The Balaban J connectivity index is 1.73. The zero-order chi connectivity index (χ0) is 16.8. The Labute approximate surface area is 142 Å². The predicted molar refractivity (Wildman–Crippen MR) is 95.0 cm³/mol. The summed E-state index contributed by atoms with van der Waals surface area (Å²) >= 11 is 0. The van der Waals surface area contributed by atoms with E-state index >= 15 is 0 Å². The molecule has 0 aromatic heterocycles. The van der Waals surface area contributed by atoms with Gasteiger partial charge in [-0.2, -0.15) is 0 Å². The summed E-state index contributed by atoms with van der Waals surface area (Å²) < 4.78 is 17.2. The minimum Gasteiger partial charge on any atom is -0.493 e. The van der Waals surface area contributed by atoms with E-state index < -0.39 is 0 Å².